The van der Waals surface area contributed by atoms with Crippen molar-refractivity contribution in [2.24, 2.45) is 5.92 Å². The van der Waals surface area contributed by atoms with Gasteiger partial charge < -0.3 is 38.8 Å². The highest BCUT2D eigenvalue weighted by Crippen LogP contribution is 2.39. The molecule has 1 saturated carbocycles. The van der Waals surface area contributed by atoms with E-state index < -0.39 is 0 Å². The van der Waals surface area contributed by atoms with E-state index in [1.807, 2.05) is 35.4 Å². The largest absolute Gasteiger partial charge is 0.508 e. The minimum Gasteiger partial charge on any atom is -0.508 e. The zero-order chi connectivity index (χ0) is 32.9. The smallest absolute Gasteiger partial charge is 0.228 e. The van der Waals surface area contributed by atoms with Gasteiger partial charge in [0.1, 0.15) is 35.4 Å². The van der Waals surface area contributed by atoms with Crippen LogP contribution in [0.1, 0.15) is 48.3 Å². The molecule has 0 radical (unpaired) electrons. The molecule has 2 aliphatic rings. The molecule has 1 aromatic heterocycles. The second kappa shape index (κ2) is 14.6. The van der Waals surface area contributed by atoms with E-state index in [-0.39, 0.29) is 42.0 Å². The number of ether oxygens (including phenoxy) is 4. The number of piperidine rings is 1. The van der Waals surface area contributed by atoms with Gasteiger partial charge in [-0.3, -0.25) is 4.79 Å². The van der Waals surface area contributed by atoms with Crippen LogP contribution in [-0.4, -0.2) is 67.5 Å². The molecule has 1 saturated heterocycles. The van der Waals surface area contributed by atoms with Crippen molar-refractivity contribution < 1.29 is 33.2 Å². The number of phenolic OH excluding ortho intramolecular Hbond substituents is 1. The van der Waals surface area contributed by atoms with Crippen LogP contribution in [0, 0.1) is 11.7 Å². The quantitative estimate of drug-likeness (QED) is 0.163. The van der Waals surface area contributed by atoms with Gasteiger partial charge in [0.15, 0.2) is 0 Å². The van der Waals surface area contributed by atoms with Gasteiger partial charge in [0.25, 0.3) is 0 Å². The van der Waals surface area contributed by atoms with Crippen molar-refractivity contribution in [3.63, 3.8) is 0 Å². The zero-order valence-electron chi connectivity index (χ0n) is 27.3. The average Bonchev–Trinajstić information content (AvgIpc) is 3.87. The van der Waals surface area contributed by atoms with Crippen molar-refractivity contribution in [3.8, 4) is 23.0 Å². The molecule has 1 aliphatic heterocycles. The van der Waals surface area contributed by atoms with Crippen LogP contribution in [0.15, 0.2) is 60.8 Å². The summed E-state index contributed by atoms with van der Waals surface area (Å²) in [6.07, 6.45) is 5.41. The van der Waals surface area contributed by atoms with Crippen LogP contribution in [0.3, 0.4) is 0 Å². The Morgan fingerprint density at radius 2 is 1.81 bits per heavy atom. The Morgan fingerprint density at radius 1 is 1.02 bits per heavy atom. The van der Waals surface area contributed by atoms with Gasteiger partial charge in [0.05, 0.1) is 25.7 Å². The highest BCUT2D eigenvalue weighted by molar-refractivity contribution is 5.86. The van der Waals surface area contributed by atoms with Gasteiger partial charge in [0.2, 0.25) is 5.91 Å². The highest BCUT2D eigenvalue weighted by Gasteiger charge is 2.40. The molecule has 10 heteroatoms. The van der Waals surface area contributed by atoms with Crippen LogP contribution < -0.4 is 19.5 Å². The van der Waals surface area contributed by atoms with Gasteiger partial charge in [-0.05, 0) is 91.2 Å². The molecule has 6 rings (SSSR count). The molecule has 2 atom stereocenters. The molecular weight excluding hydrogens is 601 g/mol. The Bertz CT molecular complexity index is 1680. The van der Waals surface area contributed by atoms with Gasteiger partial charge in [-0.15, -0.1) is 0 Å². The number of fused-ring (bicyclic) bond motifs is 1. The molecule has 47 heavy (non-hydrogen) atoms. The number of benzene rings is 3. The molecular formula is C37H44FN3O6. The first kappa shape index (κ1) is 32.7. The molecule has 2 heterocycles. The van der Waals surface area contributed by atoms with Crippen LogP contribution in [0.2, 0.25) is 0 Å². The molecule has 2 unspecified atom stereocenters. The number of aryl methyl sites for hydroxylation is 1. The van der Waals surface area contributed by atoms with Crippen LogP contribution >= 0.6 is 0 Å². The molecule has 0 spiro atoms. The minimum atomic E-state index is -0.346. The van der Waals surface area contributed by atoms with Crippen molar-refractivity contribution in [1.29, 1.82) is 0 Å². The summed E-state index contributed by atoms with van der Waals surface area (Å²) in [7, 11) is 4.88. The van der Waals surface area contributed by atoms with E-state index in [9.17, 15) is 9.90 Å². The summed E-state index contributed by atoms with van der Waals surface area (Å²) < 4.78 is 39.5. The predicted octanol–water partition coefficient (Wildman–Crippen LogP) is 6.00. The lowest BCUT2D eigenvalue weighted by Crippen LogP contribution is -2.47. The maximum absolute atomic E-state index is 15.3. The average molecular weight is 646 g/mol. The molecule has 1 amide bonds. The lowest BCUT2D eigenvalue weighted by Gasteiger charge is -2.36. The SMILES string of the molecule is COCCCn1cc(CN(C(=O)C2CNCCC2c2cc(O)cc(OCc3cc(OC)cc(OC)c3)c2)C2CC2)c2c(F)cccc21. The maximum Gasteiger partial charge on any atom is 0.228 e. The van der Waals surface area contributed by atoms with E-state index in [1.54, 1.807) is 45.6 Å². The van der Waals surface area contributed by atoms with E-state index >= 15 is 4.39 Å². The normalized spacial score (nSPS) is 17.9. The third-order valence-electron chi connectivity index (χ3n) is 9.25. The number of rotatable bonds is 14. The topological polar surface area (TPSA) is 94.4 Å². The number of carbonyl (C=O) groups excluding carboxylic acids is 1. The number of carbonyl (C=O) groups is 1. The number of methoxy groups -OCH3 is 3. The summed E-state index contributed by atoms with van der Waals surface area (Å²) in [6, 6.07) is 16.1. The Morgan fingerprint density at radius 3 is 2.53 bits per heavy atom. The maximum atomic E-state index is 15.3. The molecule has 1 aliphatic carbocycles. The Balaban J connectivity index is 1.24. The van der Waals surface area contributed by atoms with E-state index in [0.29, 0.717) is 48.9 Å². The lowest BCUT2D eigenvalue weighted by molar-refractivity contribution is -0.138. The fourth-order valence-electron chi connectivity index (χ4n) is 6.78. The van der Waals surface area contributed by atoms with E-state index in [2.05, 4.69) is 9.88 Å². The number of halogens is 1. The van der Waals surface area contributed by atoms with Crippen LogP contribution in [0.5, 0.6) is 23.0 Å². The zero-order valence-corrected chi connectivity index (χ0v) is 27.3. The monoisotopic (exact) mass is 645 g/mol. The number of nitrogens with one attached hydrogen (secondary N) is 1. The summed E-state index contributed by atoms with van der Waals surface area (Å²) in [4.78, 5) is 16.4. The number of amides is 1. The third-order valence-corrected chi connectivity index (χ3v) is 9.25. The molecule has 3 aromatic carbocycles. The van der Waals surface area contributed by atoms with Gasteiger partial charge in [0, 0.05) is 63.1 Å². The summed E-state index contributed by atoms with van der Waals surface area (Å²) in [5.41, 5.74) is 3.37. The summed E-state index contributed by atoms with van der Waals surface area (Å²) in [5.74, 6) is 1.23. The second-order valence-corrected chi connectivity index (χ2v) is 12.5. The number of aromatic nitrogens is 1. The van der Waals surface area contributed by atoms with Crippen molar-refractivity contribution in [1.82, 2.24) is 14.8 Å². The van der Waals surface area contributed by atoms with Gasteiger partial charge >= 0.3 is 0 Å². The Kier molecular flexibility index (Phi) is 10.2. The second-order valence-electron chi connectivity index (χ2n) is 12.5. The molecule has 2 fully saturated rings. The fraction of sp³-hybridized carbons (Fsp3) is 0.432. The van der Waals surface area contributed by atoms with Crippen molar-refractivity contribution in [2.75, 3.05) is 41.0 Å². The van der Waals surface area contributed by atoms with Crippen molar-refractivity contribution >= 4 is 16.8 Å². The van der Waals surface area contributed by atoms with Crippen molar-refractivity contribution in [2.45, 2.75) is 57.3 Å². The van der Waals surface area contributed by atoms with E-state index in [0.717, 1.165) is 54.4 Å². The van der Waals surface area contributed by atoms with Crippen LogP contribution in [0.25, 0.3) is 10.9 Å². The number of aromatic hydroxyl groups is 1. The minimum absolute atomic E-state index is 0.0515. The molecule has 250 valence electrons. The first-order chi connectivity index (χ1) is 22.9. The summed E-state index contributed by atoms with van der Waals surface area (Å²) >= 11 is 0. The van der Waals surface area contributed by atoms with E-state index in [1.165, 1.54) is 6.07 Å². The van der Waals surface area contributed by atoms with Crippen LogP contribution in [-0.2, 0) is 29.2 Å². The predicted molar refractivity (Wildman–Crippen MR) is 178 cm³/mol. The number of hydrogen-bond acceptors (Lipinski definition) is 7. The standard InChI is InChI=1S/C37H44FN3O6/c1-44-13-5-12-40-21-26(36-34(38)6-4-7-35(36)40)22-41(27-8-9-27)37(43)33-20-39-11-10-32(33)25-16-28(42)18-31(17-25)47-23-24-14-29(45-2)19-30(15-24)46-3/h4,6-7,14-19,21,27,32-33,39,42H,5,8-13,20,22-23H2,1-3H3. The summed E-state index contributed by atoms with van der Waals surface area (Å²) in [5, 5.41) is 14.7. The van der Waals surface area contributed by atoms with Gasteiger partial charge in [-0.1, -0.05) is 6.07 Å². The number of hydrogen-bond donors (Lipinski definition) is 2. The first-order valence-corrected chi connectivity index (χ1v) is 16.3. The van der Waals surface area contributed by atoms with Crippen molar-refractivity contribution in [3.05, 3.63) is 83.3 Å². The highest BCUT2D eigenvalue weighted by atomic mass is 19.1. The molecule has 0 bridgehead atoms. The van der Waals surface area contributed by atoms with Gasteiger partial charge in [-0.25, -0.2) is 4.39 Å². The Hall–Kier alpha value is -4.28. The fourth-order valence-corrected chi connectivity index (χ4v) is 6.78. The van der Waals surface area contributed by atoms with Crippen LogP contribution in [0.4, 0.5) is 4.39 Å². The first-order valence-electron chi connectivity index (χ1n) is 16.3. The third kappa shape index (κ3) is 7.49. The molecule has 2 N–H and O–H groups in total. The van der Waals surface area contributed by atoms with E-state index in [4.69, 9.17) is 18.9 Å². The Labute approximate surface area is 275 Å². The summed E-state index contributed by atoms with van der Waals surface area (Å²) in [6.45, 7) is 3.19. The molecule has 9 nitrogen and oxygen atoms in total. The number of phenols is 1. The number of nitrogens with zero attached hydrogens (tertiary/aromatic N) is 2. The van der Waals surface area contributed by atoms with Gasteiger partial charge in [-0.2, -0.15) is 0 Å². The molecule has 4 aromatic rings. The lowest BCUT2D eigenvalue weighted by atomic mass is 9.80.